The predicted octanol–water partition coefficient (Wildman–Crippen LogP) is -0.623. The van der Waals surface area contributed by atoms with Crippen molar-refractivity contribution in [2.45, 2.75) is 50.2 Å². The van der Waals surface area contributed by atoms with Gasteiger partial charge >= 0.3 is 0 Å². The van der Waals surface area contributed by atoms with Gasteiger partial charge in [0.25, 0.3) is 0 Å². The molecule has 3 atom stereocenters. The molecule has 0 radical (unpaired) electrons. The Morgan fingerprint density at radius 3 is 2.65 bits per heavy atom. The summed E-state index contributed by atoms with van der Waals surface area (Å²) < 4.78 is 0. The minimum absolute atomic E-state index is 0.0903. The van der Waals surface area contributed by atoms with E-state index >= 15 is 0 Å². The molecular formula is C12H22N2O3. The molecule has 0 aromatic rings. The lowest BCUT2D eigenvalue weighted by Crippen LogP contribution is -2.49. The highest BCUT2D eigenvalue weighted by Gasteiger charge is 2.38. The van der Waals surface area contributed by atoms with Crippen LogP contribution in [0.3, 0.4) is 0 Å². The third-order valence-corrected chi connectivity index (χ3v) is 3.97. The topological polar surface area (TPSA) is 81.6 Å². The molecule has 1 saturated carbocycles. The van der Waals surface area contributed by atoms with Crippen LogP contribution in [0.1, 0.15) is 32.1 Å². The van der Waals surface area contributed by atoms with Gasteiger partial charge in [0, 0.05) is 6.04 Å². The van der Waals surface area contributed by atoms with Crippen molar-refractivity contribution in [3.05, 3.63) is 0 Å². The third kappa shape index (κ3) is 2.97. The standard InChI is InChI=1S/C12H22N2O3/c15-6-9(7-16)13-12(17)11-5-8-3-1-2-4-10(8)14-11/h8-11,14-16H,1-7H2,(H,13,17). The first-order valence-corrected chi connectivity index (χ1v) is 6.52. The van der Waals surface area contributed by atoms with Crippen molar-refractivity contribution in [1.82, 2.24) is 10.6 Å². The Morgan fingerprint density at radius 2 is 2.00 bits per heavy atom. The van der Waals surface area contributed by atoms with Crippen molar-refractivity contribution < 1.29 is 15.0 Å². The zero-order chi connectivity index (χ0) is 12.3. The van der Waals surface area contributed by atoms with Crippen LogP contribution in [0.5, 0.6) is 0 Å². The van der Waals surface area contributed by atoms with Crippen LogP contribution in [-0.4, -0.2) is 47.5 Å². The molecule has 1 saturated heterocycles. The summed E-state index contributed by atoms with van der Waals surface area (Å²) in [5.74, 6) is 0.536. The van der Waals surface area contributed by atoms with E-state index in [9.17, 15) is 4.79 Å². The highest BCUT2D eigenvalue weighted by Crippen LogP contribution is 2.33. The quantitative estimate of drug-likeness (QED) is 0.529. The largest absolute Gasteiger partial charge is 0.394 e. The van der Waals surface area contributed by atoms with Crippen LogP contribution < -0.4 is 10.6 Å². The van der Waals surface area contributed by atoms with E-state index in [-0.39, 0.29) is 25.2 Å². The van der Waals surface area contributed by atoms with Crippen molar-refractivity contribution in [2.24, 2.45) is 5.92 Å². The van der Waals surface area contributed by atoms with Crippen LogP contribution >= 0.6 is 0 Å². The van der Waals surface area contributed by atoms with Gasteiger partial charge in [0.2, 0.25) is 5.91 Å². The maximum absolute atomic E-state index is 11.9. The van der Waals surface area contributed by atoms with Crippen molar-refractivity contribution in [3.63, 3.8) is 0 Å². The van der Waals surface area contributed by atoms with Gasteiger partial charge in [-0.1, -0.05) is 12.8 Å². The van der Waals surface area contributed by atoms with Crippen molar-refractivity contribution in [1.29, 1.82) is 0 Å². The molecule has 98 valence electrons. The van der Waals surface area contributed by atoms with E-state index in [4.69, 9.17) is 10.2 Å². The van der Waals surface area contributed by atoms with Gasteiger partial charge in [-0.15, -0.1) is 0 Å². The van der Waals surface area contributed by atoms with Crippen molar-refractivity contribution in [2.75, 3.05) is 13.2 Å². The Labute approximate surface area is 102 Å². The number of hydrogen-bond donors (Lipinski definition) is 4. The number of nitrogens with one attached hydrogen (secondary N) is 2. The first-order valence-electron chi connectivity index (χ1n) is 6.52. The van der Waals surface area contributed by atoms with E-state index in [1.165, 1.54) is 19.3 Å². The number of fused-ring (bicyclic) bond motifs is 1. The number of amides is 1. The molecule has 0 spiro atoms. The normalized spacial score (nSPS) is 32.5. The predicted molar refractivity (Wildman–Crippen MR) is 63.4 cm³/mol. The smallest absolute Gasteiger partial charge is 0.237 e. The first-order chi connectivity index (χ1) is 8.24. The number of carbonyl (C=O) groups is 1. The van der Waals surface area contributed by atoms with Gasteiger partial charge in [0.1, 0.15) is 0 Å². The molecule has 1 aliphatic carbocycles. The SMILES string of the molecule is O=C(NC(CO)CO)C1CC2CCCCC2N1. The Hall–Kier alpha value is -0.650. The summed E-state index contributed by atoms with van der Waals surface area (Å²) in [5, 5.41) is 23.9. The molecule has 2 aliphatic rings. The molecular weight excluding hydrogens is 220 g/mol. The molecule has 5 heteroatoms. The highest BCUT2D eigenvalue weighted by molar-refractivity contribution is 5.82. The fourth-order valence-corrected chi connectivity index (χ4v) is 2.97. The number of hydrogen-bond acceptors (Lipinski definition) is 4. The van der Waals surface area contributed by atoms with Crippen LogP contribution in [0, 0.1) is 5.92 Å². The molecule has 17 heavy (non-hydrogen) atoms. The fourth-order valence-electron chi connectivity index (χ4n) is 2.97. The second-order valence-corrected chi connectivity index (χ2v) is 5.18. The van der Waals surface area contributed by atoms with E-state index in [2.05, 4.69) is 10.6 Å². The van der Waals surface area contributed by atoms with Crippen molar-refractivity contribution >= 4 is 5.91 Å². The zero-order valence-corrected chi connectivity index (χ0v) is 10.1. The Morgan fingerprint density at radius 1 is 1.29 bits per heavy atom. The molecule has 1 heterocycles. The van der Waals surface area contributed by atoms with E-state index in [1.807, 2.05) is 0 Å². The molecule has 1 aliphatic heterocycles. The minimum Gasteiger partial charge on any atom is -0.394 e. The van der Waals surface area contributed by atoms with E-state index < -0.39 is 6.04 Å². The molecule has 2 rings (SSSR count). The number of carbonyl (C=O) groups excluding carboxylic acids is 1. The second kappa shape index (κ2) is 5.80. The lowest BCUT2D eigenvalue weighted by atomic mass is 9.85. The van der Waals surface area contributed by atoms with Gasteiger partial charge in [-0.25, -0.2) is 0 Å². The molecule has 2 fully saturated rings. The number of aliphatic hydroxyl groups excluding tert-OH is 2. The Kier molecular flexibility index (Phi) is 4.36. The first kappa shape index (κ1) is 12.8. The second-order valence-electron chi connectivity index (χ2n) is 5.18. The summed E-state index contributed by atoms with van der Waals surface area (Å²) in [6.45, 7) is -0.441. The van der Waals surface area contributed by atoms with Gasteiger partial charge in [0.15, 0.2) is 0 Å². The van der Waals surface area contributed by atoms with Gasteiger partial charge < -0.3 is 20.8 Å². The van der Waals surface area contributed by atoms with E-state index in [1.54, 1.807) is 0 Å². The lowest BCUT2D eigenvalue weighted by molar-refractivity contribution is -0.124. The Balaban J connectivity index is 1.84. The zero-order valence-electron chi connectivity index (χ0n) is 10.1. The summed E-state index contributed by atoms with van der Waals surface area (Å²) in [5.41, 5.74) is 0. The molecule has 0 bridgehead atoms. The van der Waals surface area contributed by atoms with Crippen LogP contribution in [0.2, 0.25) is 0 Å². The molecule has 0 aromatic heterocycles. The lowest BCUT2D eigenvalue weighted by Gasteiger charge is -2.24. The highest BCUT2D eigenvalue weighted by atomic mass is 16.3. The van der Waals surface area contributed by atoms with Crippen LogP contribution in [0.25, 0.3) is 0 Å². The molecule has 4 N–H and O–H groups in total. The van der Waals surface area contributed by atoms with Gasteiger partial charge in [0.05, 0.1) is 25.3 Å². The summed E-state index contributed by atoms with van der Waals surface area (Å²) in [4.78, 5) is 11.9. The number of rotatable bonds is 4. The van der Waals surface area contributed by atoms with Gasteiger partial charge in [-0.2, -0.15) is 0 Å². The monoisotopic (exact) mass is 242 g/mol. The van der Waals surface area contributed by atoms with E-state index in [0.717, 1.165) is 12.8 Å². The summed E-state index contributed by atoms with van der Waals surface area (Å²) in [7, 11) is 0. The average Bonchev–Trinajstić information content (AvgIpc) is 2.79. The molecule has 1 amide bonds. The summed E-state index contributed by atoms with van der Waals surface area (Å²) in [6.07, 6.45) is 5.79. The average molecular weight is 242 g/mol. The minimum atomic E-state index is -0.535. The Bertz CT molecular complexity index is 254. The molecule has 3 unspecified atom stereocenters. The van der Waals surface area contributed by atoms with Gasteiger partial charge in [-0.3, -0.25) is 4.79 Å². The number of aliphatic hydroxyl groups is 2. The fraction of sp³-hybridized carbons (Fsp3) is 0.917. The third-order valence-electron chi connectivity index (χ3n) is 3.97. The van der Waals surface area contributed by atoms with Crippen molar-refractivity contribution in [3.8, 4) is 0 Å². The maximum atomic E-state index is 11.9. The maximum Gasteiger partial charge on any atom is 0.237 e. The van der Waals surface area contributed by atoms with E-state index in [0.29, 0.717) is 12.0 Å². The molecule has 0 aromatic carbocycles. The van der Waals surface area contributed by atoms with Crippen LogP contribution in [-0.2, 0) is 4.79 Å². The van der Waals surface area contributed by atoms with Crippen LogP contribution in [0.15, 0.2) is 0 Å². The van der Waals surface area contributed by atoms with Gasteiger partial charge in [-0.05, 0) is 25.2 Å². The summed E-state index contributed by atoms with van der Waals surface area (Å²) >= 11 is 0. The molecule has 5 nitrogen and oxygen atoms in total. The summed E-state index contributed by atoms with van der Waals surface area (Å²) in [6, 6.07) is -0.197. The van der Waals surface area contributed by atoms with Crippen LogP contribution in [0.4, 0.5) is 0 Å².